The van der Waals surface area contributed by atoms with Gasteiger partial charge in [-0.05, 0) is 74.1 Å². The average Bonchev–Trinajstić information content (AvgIpc) is 3.46. The Hall–Kier alpha value is -4.51. The summed E-state index contributed by atoms with van der Waals surface area (Å²) in [6.45, 7) is 1.39. The number of ether oxygens (including phenoxy) is 3. The number of carbonyl (C=O) groups excluding carboxylic acids is 5. The molecule has 1 aliphatic heterocycles. The lowest BCUT2D eigenvalue weighted by Gasteiger charge is -2.14. The van der Waals surface area contributed by atoms with E-state index in [2.05, 4.69) is 5.32 Å². The van der Waals surface area contributed by atoms with E-state index in [1.54, 1.807) is 38.3 Å². The lowest BCUT2D eigenvalue weighted by Crippen LogP contribution is -2.29. The molecule has 212 valence electrons. The Kier molecular flexibility index (Phi) is 8.16. The summed E-state index contributed by atoms with van der Waals surface area (Å²) in [5.41, 5.74) is 2.32. The minimum absolute atomic E-state index is 0.0304. The molecule has 5 rings (SSSR count). The molecule has 0 spiro atoms. The van der Waals surface area contributed by atoms with Crippen LogP contribution in [0, 0.1) is 0 Å². The molecule has 0 saturated carbocycles. The Bertz CT molecular complexity index is 1540. The van der Waals surface area contributed by atoms with Crippen LogP contribution < -0.4 is 10.1 Å². The van der Waals surface area contributed by atoms with Gasteiger partial charge in [-0.25, -0.2) is 9.59 Å². The van der Waals surface area contributed by atoms with Crippen LogP contribution in [0.3, 0.4) is 0 Å². The maximum atomic E-state index is 13.0. The van der Waals surface area contributed by atoms with Gasteiger partial charge < -0.3 is 19.5 Å². The van der Waals surface area contributed by atoms with Gasteiger partial charge in [0.2, 0.25) is 0 Å². The molecule has 2 aromatic carbocycles. The molecule has 11 heteroatoms. The number of aryl methyl sites for hydroxylation is 1. The predicted molar refractivity (Wildman–Crippen MR) is 149 cm³/mol. The van der Waals surface area contributed by atoms with E-state index in [1.165, 1.54) is 29.5 Å². The number of esters is 2. The van der Waals surface area contributed by atoms with Crippen molar-refractivity contribution >= 4 is 46.0 Å². The Morgan fingerprint density at radius 2 is 1.66 bits per heavy atom. The van der Waals surface area contributed by atoms with Crippen molar-refractivity contribution in [1.29, 1.82) is 0 Å². The van der Waals surface area contributed by atoms with Gasteiger partial charge in [-0.15, -0.1) is 11.3 Å². The number of imide groups is 1. The van der Waals surface area contributed by atoms with E-state index in [0.717, 1.165) is 46.6 Å². The molecular weight excluding hydrogens is 548 g/mol. The van der Waals surface area contributed by atoms with E-state index < -0.39 is 36.3 Å². The predicted octanol–water partition coefficient (Wildman–Crippen LogP) is 4.40. The largest absolute Gasteiger partial charge is 0.497 e. The third kappa shape index (κ3) is 5.71. The highest BCUT2D eigenvalue weighted by Gasteiger charge is 2.36. The van der Waals surface area contributed by atoms with Crippen LogP contribution in [0.1, 0.15) is 77.2 Å². The number of methoxy groups -OCH3 is 1. The molecule has 0 fully saturated rings. The number of carbonyl (C=O) groups is 5. The Morgan fingerprint density at radius 1 is 0.927 bits per heavy atom. The molecule has 0 radical (unpaired) electrons. The summed E-state index contributed by atoms with van der Waals surface area (Å²) in [4.78, 5) is 66.1. The standard InChI is InChI=1S/C30H28N2O8S/c1-3-39-30(37)25-21-6-4-5-7-23(21)41-26(25)31-24(33)16-40-29(36)18-10-13-20-22(14-18)28(35)32(27(20)34)15-17-8-11-19(38-2)12-9-17/h8-14H,3-7,15-16H2,1-2H3,(H,31,33). The fourth-order valence-corrected chi connectivity index (χ4v) is 6.22. The molecule has 3 amide bonds. The second kappa shape index (κ2) is 11.9. The molecule has 2 aliphatic rings. The highest BCUT2D eigenvalue weighted by molar-refractivity contribution is 7.17. The maximum Gasteiger partial charge on any atom is 0.341 e. The summed E-state index contributed by atoms with van der Waals surface area (Å²) >= 11 is 1.34. The van der Waals surface area contributed by atoms with Crippen molar-refractivity contribution in [3.05, 3.63) is 80.7 Å². The smallest absolute Gasteiger partial charge is 0.341 e. The van der Waals surface area contributed by atoms with Crippen LogP contribution in [0.25, 0.3) is 0 Å². The molecule has 0 atom stereocenters. The zero-order valence-corrected chi connectivity index (χ0v) is 23.4. The molecule has 1 N–H and O–H groups in total. The first-order valence-corrected chi connectivity index (χ1v) is 14.0. The SMILES string of the molecule is CCOC(=O)c1c(NC(=O)COC(=O)c2ccc3c(c2)C(=O)N(Cc2ccc(OC)cc2)C3=O)sc2c1CCCC2. The summed E-state index contributed by atoms with van der Waals surface area (Å²) in [6.07, 6.45) is 3.53. The van der Waals surface area contributed by atoms with E-state index in [1.807, 2.05) is 0 Å². The minimum Gasteiger partial charge on any atom is -0.497 e. The van der Waals surface area contributed by atoms with Gasteiger partial charge in [0.25, 0.3) is 17.7 Å². The molecule has 2 heterocycles. The minimum atomic E-state index is -0.826. The van der Waals surface area contributed by atoms with Gasteiger partial charge in [0, 0.05) is 4.88 Å². The highest BCUT2D eigenvalue weighted by Crippen LogP contribution is 2.38. The fraction of sp³-hybridized carbons (Fsp3) is 0.300. The highest BCUT2D eigenvalue weighted by atomic mass is 32.1. The van der Waals surface area contributed by atoms with E-state index in [9.17, 15) is 24.0 Å². The first kappa shape index (κ1) is 28.0. The van der Waals surface area contributed by atoms with Crippen molar-refractivity contribution in [1.82, 2.24) is 4.90 Å². The zero-order valence-electron chi connectivity index (χ0n) is 22.6. The van der Waals surface area contributed by atoms with Crippen LogP contribution in [0.5, 0.6) is 5.75 Å². The molecule has 1 aliphatic carbocycles. The van der Waals surface area contributed by atoms with Gasteiger partial charge in [-0.1, -0.05) is 12.1 Å². The Labute approximate surface area is 240 Å². The topological polar surface area (TPSA) is 128 Å². The van der Waals surface area contributed by atoms with Gasteiger partial charge in [0.1, 0.15) is 10.8 Å². The Morgan fingerprint density at radius 3 is 2.39 bits per heavy atom. The lowest BCUT2D eigenvalue weighted by molar-refractivity contribution is -0.119. The number of fused-ring (bicyclic) bond motifs is 2. The number of anilines is 1. The van der Waals surface area contributed by atoms with E-state index in [0.29, 0.717) is 16.3 Å². The third-order valence-corrected chi connectivity index (χ3v) is 8.15. The lowest BCUT2D eigenvalue weighted by atomic mass is 9.95. The van der Waals surface area contributed by atoms with Gasteiger partial charge in [0.05, 0.1) is 42.5 Å². The van der Waals surface area contributed by atoms with Crippen LogP contribution >= 0.6 is 11.3 Å². The van der Waals surface area contributed by atoms with E-state index in [-0.39, 0.29) is 29.8 Å². The number of nitrogens with zero attached hydrogens (tertiary/aromatic N) is 1. The number of hydrogen-bond acceptors (Lipinski definition) is 9. The molecule has 1 aromatic heterocycles. The maximum absolute atomic E-state index is 13.0. The second-order valence-electron chi connectivity index (χ2n) is 9.56. The number of amides is 3. The summed E-state index contributed by atoms with van der Waals surface area (Å²) in [7, 11) is 1.55. The van der Waals surface area contributed by atoms with Gasteiger partial charge in [-0.3, -0.25) is 19.3 Å². The molecule has 0 saturated heterocycles. The van der Waals surface area contributed by atoms with Gasteiger partial charge in [0.15, 0.2) is 6.61 Å². The van der Waals surface area contributed by atoms with Crippen molar-refractivity contribution < 1.29 is 38.2 Å². The van der Waals surface area contributed by atoms with Crippen molar-refractivity contribution in [2.24, 2.45) is 0 Å². The Balaban J connectivity index is 1.23. The fourth-order valence-electron chi connectivity index (χ4n) is 4.93. The molecular formula is C30H28N2O8S. The van der Waals surface area contributed by atoms with Crippen LogP contribution in [-0.4, -0.2) is 54.9 Å². The number of nitrogens with one attached hydrogen (secondary N) is 1. The van der Waals surface area contributed by atoms with Crippen molar-refractivity contribution in [3.8, 4) is 5.75 Å². The monoisotopic (exact) mass is 576 g/mol. The van der Waals surface area contributed by atoms with Gasteiger partial charge >= 0.3 is 11.9 Å². The van der Waals surface area contributed by atoms with E-state index in [4.69, 9.17) is 14.2 Å². The van der Waals surface area contributed by atoms with Crippen molar-refractivity contribution in [2.45, 2.75) is 39.2 Å². The third-order valence-electron chi connectivity index (χ3n) is 6.94. The zero-order chi connectivity index (χ0) is 29.1. The summed E-state index contributed by atoms with van der Waals surface area (Å²) in [6, 6.07) is 11.1. The molecule has 0 unspecified atom stereocenters. The number of benzene rings is 2. The van der Waals surface area contributed by atoms with Crippen molar-refractivity contribution in [3.63, 3.8) is 0 Å². The number of hydrogen-bond donors (Lipinski definition) is 1. The van der Waals surface area contributed by atoms with Crippen molar-refractivity contribution in [2.75, 3.05) is 25.6 Å². The normalized spacial score (nSPS) is 13.9. The van der Waals surface area contributed by atoms with Gasteiger partial charge in [-0.2, -0.15) is 0 Å². The van der Waals surface area contributed by atoms with Crippen LogP contribution in [0.2, 0.25) is 0 Å². The second-order valence-corrected chi connectivity index (χ2v) is 10.7. The van der Waals surface area contributed by atoms with Crippen LogP contribution in [0.4, 0.5) is 5.00 Å². The van der Waals surface area contributed by atoms with Crippen LogP contribution in [-0.2, 0) is 33.7 Å². The number of rotatable bonds is 9. The van der Waals surface area contributed by atoms with Crippen LogP contribution in [0.15, 0.2) is 42.5 Å². The molecule has 0 bridgehead atoms. The first-order chi connectivity index (χ1) is 19.8. The molecule has 41 heavy (non-hydrogen) atoms. The average molecular weight is 577 g/mol. The molecule has 3 aromatic rings. The summed E-state index contributed by atoms with van der Waals surface area (Å²) < 4.78 is 15.5. The summed E-state index contributed by atoms with van der Waals surface area (Å²) in [5.74, 6) is -2.26. The number of thiophene rings is 1. The van der Waals surface area contributed by atoms with E-state index >= 15 is 0 Å². The summed E-state index contributed by atoms with van der Waals surface area (Å²) in [5, 5.41) is 3.08. The first-order valence-electron chi connectivity index (χ1n) is 13.2. The quantitative estimate of drug-likeness (QED) is 0.293. The molecule has 10 nitrogen and oxygen atoms in total.